The van der Waals surface area contributed by atoms with Gasteiger partial charge in [0.1, 0.15) is 18.4 Å². The number of carbonyl (C=O) groups excluding carboxylic acids is 5. The van der Waals surface area contributed by atoms with E-state index in [1.807, 2.05) is 0 Å². The summed E-state index contributed by atoms with van der Waals surface area (Å²) in [6.07, 6.45) is 4.79. The van der Waals surface area contributed by atoms with Gasteiger partial charge in [0, 0.05) is 25.9 Å². The van der Waals surface area contributed by atoms with Crippen LogP contribution in [0.4, 0.5) is 0 Å². The number of hydrogen-bond donors (Lipinski definition) is 7. The third-order valence-electron chi connectivity index (χ3n) is 6.00. The first-order chi connectivity index (χ1) is 17.7. The Morgan fingerprint density at radius 1 is 0.919 bits per heavy atom. The Bertz CT molecular complexity index is 787. The molecule has 13 nitrogen and oxygen atoms in total. The molecule has 13 heteroatoms. The second-order valence-electron chi connectivity index (χ2n) is 9.52. The highest BCUT2D eigenvalue weighted by atomic mass is 16.2. The van der Waals surface area contributed by atoms with Crippen molar-refractivity contribution in [3.8, 4) is 0 Å². The summed E-state index contributed by atoms with van der Waals surface area (Å²) in [5.74, 6) is -1.84. The zero-order valence-corrected chi connectivity index (χ0v) is 21.8. The monoisotopic (exact) mass is 524 g/mol. The van der Waals surface area contributed by atoms with Crippen LogP contribution in [0.25, 0.3) is 0 Å². The highest BCUT2D eigenvalue weighted by molar-refractivity contribution is 5.92. The molecule has 37 heavy (non-hydrogen) atoms. The number of nitrogens with two attached hydrogens (primary N) is 3. The fourth-order valence-electron chi connectivity index (χ4n) is 4.01. The maximum atomic E-state index is 13.2. The third-order valence-corrected chi connectivity index (χ3v) is 6.00. The predicted molar refractivity (Wildman–Crippen MR) is 140 cm³/mol. The summed E-state index contributed by atoms with van der Waals surface area (Å²) < 4.78 is 0. The van der Waals surface area contributed by atoms with Crippen LogP contribution in [0.2, 0.25) is 0 Å². The fraction of sp³-hybridized carbons (Fsp3) is 0.750. The summed E-state index contributed by atoms with van der Waals surface area (Å²) in [5, 5.41) is 11.0. The molecule has 1 aliphatic heterocycles. The molecule has 0 spiro atoms. The third kappa shape index (κ3) is 14.2. The first kappa shape index (κ1) is 31.8. The number of nitrogens with zero attached hydrogens (tertiary/aromatic N) is 1. The van der Waals surface area contributed by atoms with Crippen LogP contribution in [-0.4, -0.2) is 73.6 Å². The Morgan fingerprint density at radius 3 is 2.24 bits per heavy atom. The van der Waals surface area contributed by atoms with Gasteiger partial charge in [-0.3, -0.25) is 24.2 Å². The number of unbranched alkanes of at least 4 members (excludes halogenated alkanes) is 1. The standard InChI is InChI=1S/C24H44N8O5/c1-16-13-20(34)28-11-5-3-7-17(15-33)30-22(36)19(9-6-12-29-24(26)27)32-23(37)18(8-2-4-10-25)31-21(35)14-16/h15-19H,2-14,25H2,1H3,(H,28,34)(H,30,36)(H,31,35)(H,32,37)(H4,26,27,29)/t16?,17-,18-,19-/m0/s1. The van der Waals surface area contributed by atoms with Crippen LogP contribution < -0.4 is 38.5 Å². The van der Waals surface area contributed by atoms with Crippen LogP contribution in [0, 0.1) is 5.92 Å². The molecule has 1 fully saturated rings. The molecule has 4 atom stereocenters. The molecule has 4 amide bonds. The number of amides is 4. The summed E-state index contributed by atoms with van der Waals surface area (Å²) in [6.45, 7) is 2.94. The zero-order chi connectivity index (χ0) is 27.6. The molecule has 1 heterocycles. The molecule has 0 saturated carbocycles. The molecule has 0 bridgehead atoms. The molecule has 1 aliphatic rings. The van der Waals surface area contributed by atoms with Crippen molar-refractivity contribution in [3.05, 3.63) is 0 Å². The number of nitrogens with one attached hydrogen (secondary N) is 4. The molecule has 0 aliphatic carbocycles. The number of hydrogen-bond acceptors (Lipinski definition) is 7. The Balaban J connectivity index is 3.09. The van der Waals surface area contributed by atoms with Crippen molar-refractivity contribution < 1.29 is 24.0 Å². The van der Waals surface area contributed by atoms with Crippen LogP contribution in [0.1, 0.15) is 71.1 Å². The number of aldehydes is 1. The minimum atomic E-state index is -0.949. The van der Waals surface area contributed by atoms with Gasteiger partial charge in [-0.05, 0) is 63.8 Å². The normalized spacial score (nSPS) is 24.9. The molecular weight excluding hydrogens is 480 g/mol. The van der Waals surface area contributed by atoms with E-state index in [1.54, 1.807) is 6.92 Å². The lowest BCUT2D eigenvalue weighted by Gasteiger charge is -2.25. The molecule has 1 saturated heterocycles. The van der Waals surface area contributed by atoms with E-state index in [0.29, 0.717) is 64.3 Å². The Kier molecular flexibility index (Phi) is 15.6. The largest absolute Gasteiger partial charge is 0.370 e. The molecule has 10 N–H and O–H groups in total. The van der Waals surface area contributed by atoms with Gasteiger partial charge in [0.05, 0.1) is 6.04 Å². The SMILES string of the molecule is CC1CC(=O)NCCCC[C@@H](C=O)NC(=O)[C@H](CCCN=C(N)N)NC(=O)[C@H](CCCCN)NC(=O)C1. The lowest BCUT2D eigenvalue weighted by atomic mass is 10.0. The number of guanidine groups is 1. The average molecular weight is 525 g/mol. The minimum absolute atomic E-state index is 0.0766. The van der Waals surface area contributed by atoms with Gasteiger partial charge in [0.25, 0.3) is 0 Å². The molecule has 0 aromatic heterocycles. The Morgan fingerprint density at radius 2 is 1.57 bits per heavy atom. The van der Waals surface area contributed by atoms with Crippen LogP contribution >= 0.6 is 0 Å². The van der Waals surface area contributed by atoms with Gasteiger partial charge in [-0.25, -0.2) is 0 Å². The lowest BCUT2D eigenvalue weighted by molar-refractivity contribution is -0.133. The number of carbonyl (C=O) groups is 5. The van der Waals surface area contributed by atoms with E-state index in [4.69, 9.17) is 17.2 Å². The number of aliphatic imine (C=N–C) groups is 1. The summed E-state index contributed by atoms with van der Waals surface area (Å²) in [5.41, 5.74) is 16.3. The quantitative estimate of drug-likeness (QED) is 0.0814. The first-order valence-electron chi connectivity index (χ1n) is 13.0. The number of rotatable bonds is 9. The highest BCUT2D eigenvalue weighted by Gasteiger charge is 2.28. The van der Waals surface area contributed by atoms with Crippen molar-refractivity contribution >= 4 is 35.9 Å². The average Bonchev–Trinajstić information content (AvgIpc) is 2.83. The fourth-order valence-corrected chi connectivity index (χ4v) is 4.01. The molecule has 0 aromatic rings. The van der Waals surface area contributed by atoms with Crippen molar-refractivity contribution in [2.24, 2.45) is 28.1 Å². The van der Waals surface area contributed by atoms with E-state index in [-0.39, 0.29) is 49.5 Å². The highest BCUT2D eigenvalue weighted by Crippen LogP contribution is 2.10. The second kappa shape index (κ2) is 18.1. The van der Waals surface area contributed by atoms with Gasteiger partial charge in [0.15, 0.2) is 5.96 Å². The smallest absolute Gasteiger partial charge is 0.243 e. The van der Waals surface area contributed by atoms with Crippen LogP contribution in [0.5, 0.6) is 0 Å². The second-order valence-corrected chi connectivity index (χ2v) is 9.52. The maximum Gasteiger partial charge on any atom is 0.243 e. The molecule has 0 radical (unpaired) electrons. The van der Waals surface area contributed by atoms with Crippen molar-refractivity contribution in [3.63, 3.8) is 0 Å². The van der Waals surface area contributed by atoms with Crippen molar-refractivity contribution in [2.45, 2.75) is 89.3 Å². The molecule has 1 unspecified atom stereocenters. The summed E-state index contributed by atoms with van der Waals surface area (Å²) in [7, 11) is 0. The predicted octanol–water partition coefficient (Wildman–Crippen LogP) is -1.46. The van der Waals surface area contributed by atoms with Crippen molar-refractivity contribution in [1.29, 1.82) is 0 Å². The van der Waals surface area contributed by atoms with Gasteiger partial charge in [-0.1, -0.05) is 6.92 Å². The van der Waals surface area contributed by atoms with Crippen LogP contribution in [0.15, 0.2) is 4.99 Å². The molecule has 210 valence electrons. The Hall–Kier alpha value is -3.22. The van der Waals surface area contributed by atoms with Gasteiger partial charge >= 0.3 is 0 Å². The first-order valence-corrected chi connectivity index (χ1v) is 13.0. The summed E-state index contributed by atoms with van der Waals surface area (Å²) in [6, 6.07) is -2.57. The molecule has 1 rings (SSSR count). The lowest BCUT2D eigenvalue weighted by Crippen LogP contribution is -2.55. The van der Waals surface area contributed by atoms with Gasteiger partial charge in [-0.2, -0.15) is 0 Å². The van der Waals surface area contributed by atoms with E-state index >= 15 is 0 Å². The van der Waals surface area contributed by atoms with Gasteiger partial charge in [0.2, 0.25) is 23.6 Å². The van der Waals surface area contributed by atoms with Crippen LogP contribution in [-0.2, 0) is 24.0 Å². The van der Waals surface area contributed by atoms with Gasteiger partial charge in [-0.15, -0.1) is 0 Å². The van der Waals surface area contributed by atoms with Crippen molar-refractivity contribution in [2.75, 3.05) is 19.6 Å². The summed E-state index contributed by atoms with van der Waals surface area (Å²) >= 11 is 0. The van der Waals surface area contributed by atoms with E-state index < -0.39 is 29.9 Å². The molecule has 0 aromatic carbocycles. The van der Waals surface area contributed by atoms with Gasteiger partial charge < -0.3 is 43.3 Å². The van der Waals surface area contributed by atoms with E-state index in [2.05, 4.69) is 26.3 Å². The minimum Gasteiger partial charge on any atom is -0.370 e. The van der Waals surface area contributed by atoms with Crippen molar-refractivity contribution in [1.82, 2.24) is 21.3 Å². The van der Waals surface area contributed by atoms with Crippen LogP contribution in [0.3, 0.4) is 0 Å². The zero-order valence-electron chi connectivity index (χ0n) is 21.8. The maximum absolute atomic E-state index is 13.2. The van der Waals surface area contributed by atoms with E-state index in [1.165, 1.54) is 0 Å². The van der Waals surface area contributed by atoms with E-state index in [0.717, 1.165) is 0 Å². The molecular formula is C24H44N8O5. The summed E-state index contributed by atoms with van der Waals surface area (Å²) in [4.78, 5) is 66.6. The topological polar surface area (TPSA) is 224 Å². The van der Waals surface area contributed by atoms with E-state index in [9.17, 15) is 24.0 Å². The Labute approximate surface area is 218 Å².